The molecule has 88 heavy (non-hydrogen) atoms. The van der Waals surface area contributed by atoms with E-state index >= 15 is 0 Å². The van der Waals surface area contributed by atoms with Crippen LogP contribution in [0.15, 0.2) is 183 Å². The number of hydrogen-bond acceptors (Lipinski definition) is 17. The average Bonchev–Trinajstić information content (AvgIpc) is 3.67. The third-order valence-electron chi connectivity index (χ3n) is 13.7. The first kappa shape index (κ1) is 85.2. The quantitative estimate of drug-likeness (QED) is 0.0439. The maximum absolute atomic E-state index is 12.3. The molecule has 5 N–H and O–H groups in total. The molecule has 0 amide bonds. The molecule has 3 aromatic carbocycles. The van der Waals surface area contributed by atoms with Gasteiger partial charge in [-0.3, -0.25) is 42.5 Å². The molecule has 0 saturated carbocycles. The molecule has 8 rings (SSSR count). The first-order valence-corrected chi connectivity index (χ1v) is 26.4. The van der Waals surface area contributed by atoms with Crippen LogP contribution in [-0.2, 0) is 85.7 Å². The summed E-state index contributed by atoms with van der Waals surface area (Å²) in [4.78, 5) is 106. The number of para-hydroxylation sites is 3. The Bertz CT molecular complexity index is 3420. The van der Waals surface area contributed by atoms with Gasteiger partial charge in [-0.05, 0) is 99.2 Å². The van der Waals surface area contributed by atoms with Gasteiger partial charge < -0.3 is 54.3 Å². The van der Waals surface area contributed by atoms with E-state index < -0.39 is 16.2 Å². The topological polar surface area (TPSA) is 310 Å². The number of aliphatic hydroxyl groups excluding tert-OH is 2. The summed E-state index contributed by atoms with van der Waals surface area (Å²) < 4.78 is 20.3. The predicted octanol–water partition coefficient (Wildman–Crippen LogP) is 6.12. The third-order valence-corrected chi connectivity index (χ3v) is 13.7. The Morgan fingerprint density at radius 1 is 0.568 bits per heavy atom. The number of carbonyl (C=O) groups is 2. The van der Waals surface area contributed by atoms with Crippen molar-refractivity contribution in [1.29, 1.82) is 0 Å². The van der Waals surface area contributed by atoms with Crippen molar-refractivity contribution in [2.75, 3.05) is 39.6 Å². The normalized spacial score (nSPS) is 12.3. The maximum Gasteiger partial charge on any atom is 0.482 e. The number of esters is 2. The SMILES string of the molecule is CC(CO)(CO)c1ccc(=O)n(-c2ccccc2)c1.CC1(c2ccc(=O)n(-c3ccccc3)c2)COC1.CCOC(=O)C(C)(CC)c1ccc(=O)[nH]c1.CCOC(=O)C(C)(CC)c1ccc(=O)n(-c2ccccc2)c1.O=C=O.O=C=O.O[B]O.[Ar].[CH3-].[CH3-].[W]. The van der Waals surface area contributed by atoms with Gasteiger partial charge in [-0.2, -0.15) is 19.2 Å². The Balaban J connectivity index is -0.00000103. The number of carbonyl (C=O) groups excluding carboxylic acids is 6. The van der Waals surface area contributed by atoms with E-state index in [9.17, 15) is 39.0 Å². The summed E-state index contributed by atoms with van der Waals surface area (Å²) in [6, 6.07) is 41.2. The number of hydrogen-bond donors (Lipinski definition) is 5. The molecule has 1 radical (unpaired) electrons. The number of H-pyrrole nitrogens is 1. The number of pyridine rings is 4. The van der Waals surface area contributed by atoms with Crippen LogP contribution < -0.4 is 22.2 Å². The number of aromatic nitrogens is 4. The molecule has 0 aliphatic carbocycles. The molecule has 1 aliphatic rings. The van der Waals surface area contributed by atoms with Crippen LogP contribution in [0.4, 0.5) is 0 Å². The molecule has 5 heterocycles. The molecular formula is C64H78ArBN4O17W-2. The van der Waals surface area contributed by atoms with Crippen LogP contribution in [-0.4, -0.2) is 111 Å². The molecule has 21 nitrogen and oxygen atoms in total. The smallest absolute Gasteiger partial charge is 0.465 e. The standard InChI is InChI=1S/C18H21NO3.C15H17NO3.C15H15NO2.C12H17NO3.2CO2.2CH3.Ar.BH2O2.W/c1-4-18(3,17(21)22-5-2)14-11-12-16(20)19(13-14)15-9-7-6-8-10-15;1-15(10-17,11-18)12-7-8-14(19)16(9-12)13-5-3-2-4-6-13;1-15(10-18-11-15)12-7-8-14(17)16(9-12)13-5-3-2-4-6-13;1-4-12(3,11(15)16-5-2)9-6-7-10(14)13-8-9;2*2-1-3;;;;2-1-3;/h6-13H,4-5H2,1-3H3;2-9,17-18H,10-11H2,1H3;2-9H,10-11H2,1H3;6-8H,4-5H2,1-3H3,(H,13,14);;;2*1H3;;2-3H;/q;;;;;;2*-1;;;. The second-order valence-corrected chi connectivity index (χ2v) is 19.4. The number of nitrogens with zero attached hydrogens (tertiary/aromatic N) is 3. The number of aromatic amines is 1. The molecule has 24 heteroatoms. The largest absolute Gasteiger partial charge is 0.482 e. The van der Waals surface area contributed by atoms with E-state index in [1.807, 2.05) is 131 Å². The van der Waals surface area contributed by atoms with Gasteiger partial charge in [-0.15, -0.1) is 0 Å². The van der Waals surface area contributed by atoms with Crippen LogP contribution >= 0.6 is 0 Å². The minimum absolute atomic E-state index is 0. The molecule has 0 bridgehead atoms. The Kier molecular flexibility index (Phi) is 42.2. The molecular weight excluding hydrogens is 1330 g/mol. The number of benzene rings is 3. The van der Waals surface area contributed by atoms with Crippen LogP contribution in [0.5, 0.6) is 0 Å². The fraction of sp³-hybridized carbons (Fsp3) is 0.312. The number of nitrogens with one attached hydrogen (secondary N) is 1. The summed E-state index contributed by atoms with van der Waals surface area (Å²) in [5, 5.41) is 32.8. The first-order valence-electron chi connectivity index (χ1n) is 26.4. The Morgan fingerprint density at radius 3 is 1.22 bits per heavy atom. The minimum atomic E-state index is -0.764. The summed E-state index contributed by atoms with van der Waals surface area (Å²) in [6.07, 6.45) is 8.63. The summed E-state index contributed by atoms with van der Waals surface area (Å²) in [6.45, 7) is 16.8. The van der Waals surface area contributed by atoms with Gasteiger partial charge >= 0.3 is 31.9 Å². The van der Waals surface area contributed by atoms with Crippen molar-refractivity contribution in [1.82, 2.24) is 18.7 Å². The monoisotopic (exact) mass is 1410 g/mol. The van der Waals surface area contributed by atoms with Gasteiger partial charge in [0.05, 0.1) is 50.5 Å². The van der Waals surface area contributed by atoms with Crippen molar-refractivity contribution < 1.29 is 122 Å². The van der Waals surface area contributed by atoms with E-state index in [0.29, 0.717) is 26.1 Å². The van der Waals surface area contributed by atoms with Gasteiger partial charge in [-0.25, -0.2) is 0 Å². The molecule has 1 fully saturated rings. The number of rotatable bonds is 15. The van der Waals surface area contributed by atoms with Crippen molar-refractivity contribution in [2.45, 2.75) is 89.9 Å². The zero-order valence-corrected chi connectivity index (χ0v) is 54.7. The number of ether oxygens (including phenoxy) is 3. The molecule has 475 valence electrons. The molecule has 1 saturated heterocycles. The van der Waals surface area contributed by atoms with Crippen molar-refractivity contribution in [3.8, 4) is 17.1 Å². The zero-order valence-electron chi connectivity index (χ0n) is 51.0. The van der Waals surface area contributed by atoms with E-state index in [-0.39, 0.29) is 146 Å². The van der Waals surface area contributed by atoms with Crippen LogP contribution in [0.25, 0.3) is 17.1 Å². The van der Waals surface area contributed by atoms with Crippen molar-refractivity contribution in [2.24, 2.45) is 0 Å². The second-order valence-electron chi connectivity index (χ2n) is 19.4. The van der Waals surface area contributed by atoms with Gasteiger partial charge in [0, 0.05) is 136 Å². The van der Waals surface area contributed by atoms with Crippen LogP contribution in [0, 0.1) is 52.6 Å². The summed E-state index contributed by atoms with van der Waals surface area (Å²) >= 11 is 0. The molecule has 4 aromatic heterocycles. The van der Waals surface area contributed by atoms with E-state index in [2.05, 4.69) is 11.9 Å². The van der Waals surface area contributed by atoms with Crippen molar-refractivity contribution in [3.05, 3.63) is 243 Å². The fourth-order valence-electron chi connectivity index (χ4n) is 7.95. The molecule has 7 aromatic rings. The Morgan fingerprint density at radius 2 is 0.898 bits per heavy atom. The predicted molar refractivity (Wildman–Crippen MR) is 324 cm³/mol. The van der Waals surface area contributed by atoms with E-state index in [1.165, 1.54) is 22.8 Å². The van der Waals surface area contributed by atoms with Gasteiger partial charge in [0.1, 0.15) is 0 Å². The van der Waals surface area contributed by atoms with Crippen LogP contribution in [0.1, 0.15) is 90.5 Å². The molecule has 1 aliphatic heterocycles. The zero-order chi connectivity index (χ0) is 62.9. The van der Waals surface area contributed by atoms with E-state index in [4.69, 9.17) is 43.4 Å². The van der Waals surface area contributed by atoms with E-state index in [0.717, 1.165) is 52.5 Å². The molecule has 2 unspecified atom stereocenters. The number of aliphatic hydroxyl groups is 2. The average molecular weight is 1410 g/mol. The summed E-state index contributed by atoms with van der Waals surface area (Å²) in [5.74, 6) is -0.527. The first-order chi connectivity index (χ1) is 40.1. The molecule has 0 spiro atoms. The third kappa shape index (κ3) is 24.5. The van der Waals surface area contributed by atoms with Crippen molar-refractivity contribution in [3.63, 3.8) is 0 Å². The summed E-state index contributed by atoms with van der Waals surface area (Å²) in [7, 11) is 0. The van der Waals surface area contributed by atoms with E-state index in [1.54, 1.807) is 72.8 Å². The van der Waals surface area contributed by atoms with Gasteiger partial charge in [0.15, 0.2) is 0 Å². The Labute approximate surface area is 558 Å². The van der Waals surface area contributed by atoms with Gasteiger partial charge in [0.25, 0.3) is 16.7 Å². The van der Waals surface area contributed by atoms with Crippen molar-refractivity contribution >= 4 is 31.9 Å². The van der Waals surface area contributed by atoms with Crippen LogP contribution in [0.3, 0.4) is 0 Å². The maximum atomic E-state index is 12.3. The van der Waals surface area contributed by atoms with Gasteiger partial charge in [-0.1, -0.05) is 107 Å². The van der Waals surface area contributed by atoms with Crippen LogP contribution in [0.2, 0.25) is 0 Å². The fourth-order valence-corrected chi connectivity index (χ4v) is 7.95. The summed E-state index contributed by atoms with van der Waals surface area (Å²) in [5.41, 5.74) is 3.22. The second kappa shape index (κ2) is 43.6. The minimum Gasteiger partial charge on any atom is -0.465 e. The van der Waals surface area contributed by atoms with Gasteiger partial charge in [0.2, 0.25) is 5.56 Å². The Hall–Kier alpha value is -7.03. The molecule has 2 atom stereocenters.